The van der Waals surface area contributed by atoms with Crippen molar-refractivity contribution in [2.45, 2.75) is 32.6 Å². The third kappa shape index (κ3) is 4.30. The van der Waals surface area contributed by atoms with Crippen LogP contribution in [0.4, 0.5) is 5.69 Å². The maximum atomic E-state index is 12.6. The average molecular weight is 381 g/mol. The first-order valence-corrected chi connectivity index (χ1v) is 10.7. The van der Waals surface area contributed by atoms with Crippen molar-refractivity contribution in [2.24, 2.45) is 5.92 Å². The van der Waals surface area contributed by atoms with E-state index in [-0.39, 0.29) is 0 Å². The van der Waals surface area contributed by atoms with Crippen LogP contribution in [0.3, 0.4) is 0 Å². The number of piperazine rings is 1. The monoisotopic (exact) mass is 380 g/mol. The third-order valence-electron chi connectivity index (χ3n) is 6.30. The highest BCUT2D eigenvalue weighted by Crippen LogP contribution is 2.31. The van der Waals surface area contributed by atoms with Gasteiger partial charge >= 0.3 is 0 Å². The second-order valence-electron chi connectivity index (χ2n) is 8.48. The molecular formula is C23H32N4O. The van der Waals surface area contributed by atoms with Crippen LogP contribution in [0.25, 0.3) is 10.9 Å². The summed E-state index contributed by atoms with van der Waals surface area (Å²) in [6.07, 6.45) is 4.12. The molecule has 1 amide bonds. The number of aromatic nitrogens is 1. The summed E-state index contributed by atoms with van der Waals surface area (Å²) in [4.78, 5) is 24.2. The normalized spacial score (nSPS) is 21.3. The smallest absolute Gasteiger partial charge is 0.222 e. The average Bonchev–Trinajstić information content (AvgIpc) is 2.72. The predicted molar refractivity (Wildman–Crippen MR) is 115 cm³/mol. The molecule has 2 aromatic rings. The van der Waals surface area contributed by atoms with Gasteiger partial charge in [-0.3, -0.25) is 9.78 Å². The van der Waals surface area contributed by atoms with Crippen LogP contribution in [0.1, 0.15) is 31.4 Å². The lowest BCUT2D eigenvalue weighted by Gasteiger charge is -2.36. The van der Waals surface area contributed by atoms with Gasteiger partial charge in [0.2, 0.25) is 5.91 Å². The summed E-state index contributed by atoms with van der Waals surface area (Å²) in [6.45, 7) is 7.98. The van der Waals surface area contributed by atoms with Crippen LogP contribution < -0.4 is 4.90 Å². The molecule has 2 aliphatic heterocycles. The molecule has 1 aromatic carbocycles. The van der Waals surface area contributed by atoms with E-state index in [2.05, 4.69) is 64.0 Å². The second kappa shape index (κ2) is 8.48. The summed E-state index contributed by atoms with van der Waals surface area (Å²) >= 11 is 0. The Hall–Kier alpha value is -2.14. The van der Waals surface area contributed by atoms with Crippen LogP contribution in [0, 0.1) is 12.8 Å². The van der Waals surface area contributed by atoms with Gasteiger partial charge in [0.15, 0.2) is 0 Å². The molecule has 0 radical (unpaired) electrons. The Morgan fingerprint density at radius 1 is 1.14 bits per heavy atom. The minimum absolute atomic E-state index is 0.343. The summed E-state index contributed by atoms with van der Waals surface area (Å²) < 4.78 is 0. The summed E-state index contributed by atoms with van der Waals surface area (Å²) in [7, 11) is 2.13. The standard InChI is InChI=1S/C23H32N4O/c1-18-16-22(20-7-3-4-8-21(20)24-18)27-11-5-6-19(17-27)9-10-23(28)26-14-12-25(2)13-15-26/h3-4,7-8,16,19H,5-6,9-15,17H2,1-2H3. The number of pyridine rings is 1. The molecule has 0 bridgehead atoms. The maximum absolute atomic E-state index is 12.6. The van der Waals surface area contributed by atoms with E-state index in [1.165, 1.54) is 23.9 Å². The Balaban J connectivity index is 1.39. The number of benzene rings is 1. The first kappa shape index (κ1) is 19.2. The molecule has 0 N–H and O–H groups in total. The summed E-state index contributed by atoms with van der Waals surface area (Å²) in [5.41, 5.74) is 3.45. The van der Waals surface area contributed by atoms with E-state index in [9.17, 15) is 4.79 Å². The molecule has 2 aliphatic rings. The SMILES string of the molecule is Cc1cc(N2CCCC(CCC(=O)N3CCN(C)CC3)C2)c2ccccc2n1. The molecule has 28 heavy (non-hydrogen) atoms. The van der Waals surface area contributed by atoms with Gasteiger partial charge in [-0.1, -0.05) is 18.2 Å². The molecule has 0 spiro atoms. The van der Waals surface area contributed by atoms with Gasteiger partial charge in [-0.15, -0.1) is 0 Å². The number of likely N-dealkylation sites (N-methyl/N-ethyl adjacent to an activating group) is 1. The van der Waals surface area contributed by atoms with E-state index in [0.29, 0.717) is 18.2 Å². The number of piperidine rings is 1. The zero-order chi connectivity index (χ0) is 19.5. The fourth-order valence-corrected chi connectivity index (χ4v) is 4.61. The van der Waals surface area contributed by atoms with Crippen LogP contribution in [0.2, 0.25) is 0 Å². The van der Waals surface area contributed by atoms with E-state index in [1.807, 2.05) is 0 Å². The predicted octanol–water partition coefficient (Wildman–Crippen LogP) is 3.31. The molecular weight excluding hydrogens is 348 g/mol. The quantitative estimate of drug-likeness (QED) is 0.816. The van der Waals surface area contributed by atoms with Crippen molar-refractivity contribution in [3.05, 3.63) is 36.0 Å². The lowest BCUT2D eigenvalue weighted by Crippen LogP contribution is -2.47. The number of aryl methyl sites for hydroxylation is 1. The minimum atomic E-state index is 0.343. The topological polar surface area (TPSA) is 39.7 Å². The van der Waals surface area contributed by atoms with Gasteiger partial charge in [0.05, 0.1) is 5.52 Å². The first-order chi connectivity index (χ1) is 13.6. The van der Waals surface area contributed by atoms with E-state index in [0.717, 1.165) is 56.9 Å². The Morgan fingerprint density at radius 2 is 1.93 bits per heavy atom. The number of nitrogens with zero attached hydrogens (tertiary/aromatic N) is 4. The molecule has 150 valence electrons. The third-order valence-corrected chi connectivity index (χ3v) is 6.30. The summed E-state index contributed by atoms with van der Waals surface area (Å²) in [5, 5.41) is 1.24. The Morgan fingerprint density at radius 3 is 2.75 bits per heavy atom. The molecule has 1 atom stereocenters. The second-order valence-corrected chi connectivity index (χ2v) is 8.48. The van der Waals surface area contributed by atoms with Crippen molar-refractivity contribution in [3.8, 4) is 0 Å². The van der Waals surface area contributed by atoms with E-state index >= 15 is 0 Å². The van der Waals surface area contributed by atoms with Gasteiger partial charge in [0.25, 0.3) is 0 Å². The molecule has 0 saturated carbocycles. The van der Waals surface area contributed by atoms with Crippen LogP contribution in [-0.4, -0.2) is 67.0 Å². The highest BCUT2D eigenvalue weighted by molar-refractivity contribution is 5.92. The molecule has 0 aliphatic carbocycles. The van der Waals surface area contributed by atoms with E-state index in [1.54, 1.807) is 0 Å². The zero-order valence-corrected chi connectivity index (χ0v) is 17.2. The number of amides is 1. The van der Waals surface area contributed by atoms with E-state index < -0.39 is 0 Å². The van der Waals surface area contributed by atoms with Crippen molar-refractivity contribution in [2.75, 3.05) is 51.2 Å². The molecule has 2 saturated heterocycles. The minimum Gasteiger partial charge on any atom is -0.371 e. The molecule has 1 aromatic heterocycles. The number of hydrogen-bond donors (Lipinski definition) is 0. The fourth-order valence-electron chi connectivity index (χ4n) is 4.61. The number of rotatable bonds is 4. The number of hydrogen-bond acceptors (Lipinski definition) is 4. The summed E-state index contributed by atoms with van der Waals surface area (Å²) in [6, 6.07) is 10.7. The van der Waals surface area contributed by atoms with Gasteiger partial charge in [-0.05, 0) is 51.3 Å². The van der Waals surface area contributed by atoms with Crippen molar-refractivity contribution in [3.63, 3.8) is 0 Å². The van der Waals surface area contributed by atoms with Gasteiger partial charge in [0.1, 0.15) is 0 Å². The highest BCUT2D eigenvalue weighted by Gasteiger charge is 2.24. The number of fused-ring (bicyclic) bond motifs is 1. The van der Waals surface area contributed by atoms with Gasteiger partial charge < -0.3 is 14.7 Å². The highest BCUT2D eigenvalue weighted by atomic mass is 16.2. The lowest BCUT2D eigenvalue weighted by molar-refractivity contribution is -0.133. The molecule has 5 nitrogen and oxygen atoms in total. The number of anilines is 1. The summed E-state index contributed by atoms with van der Waals surface area (Å²) in [5.74, 6) is 0.938. The Kier molecular flexibility index (Phi) is 5.81. The number of para-hydroxylation sites is 1. The van der Waals surface area contributed by atoms with Crippen molar-refractivity contribution < 1.29 is 4.79 Å². The molecule has 1 unspecified atom stereocenters. The van der Waals surface area contributed by atoms with Crippen LogP contribution >= 0.6 is 0 Å². The molecule has 2 fully saturated rings. The zero-order valence-electron chi connectivity index (χ0n) is 17.2. The largest absolute Gasteiger partial charge is 0.371 e. The van der Waals surface area contributed by atoms with Crippen LogP contribution in [-0.2, 0) is 4.79 Å². The fraction of sp³-hybridized carbons (Fsp3) is 0.565. The van der Waals surface area contributed by atoms with E-state index in [4.69, 9.17) is 0 Å². The molecule has 3 heterocycles. The van der Waals surface area contributed by atoms with Crippen molar-refractivity contribution in [1.82, 2.24) is 14.8 Å². The van der Waals surface area contributed by atoms with Gasteiger partial charge in [0, 0.05) is 62.5 Å². The van der Waals surface area contributed by atoms with Crippen molar-refractivity contribution in [1.29, 1.82) is 0 Å². The Labute approximate surface area is 168 Å². The molecule has 5 heteroatoms. The molecule has 4 rings (SSSR count). The number of carbonyl (C=O) groups excluding carboxylic acids is 1. The van der Waals surface area contributed by atoms with Crippen molar-refractivity contribution >= 4 is 22.5 Å². The maximum Gasteiger partial charge on any atom is 0.222 e. The number of carbonyl (C=O) groups is 1. The Bertz CT molecular complexity index is 828. The van der Waals surface area contributed by atoms with Crippen LogP contribution in [0.15, 0.2) is 30.3 Å². The lowest BCUT2D eigenvalue weighted by atomic mass is 9.92. The first-order valence-electron chi connectivity index (χ1n) is 10.7. The van der Waals surface area contributed by atoms with Gasteiger partial charge in [-0.25, -0.2) is 0 Å². The van der Waals surface area contributed by atoms with Crippen LogP contribution in [0.5, 0.6) is 0 Å². The van der Waals surface area contributed by atoms with Gasteiger partial charge in [-0.2, -0.15) is 0 Å².